The second kappa shape index (κ2) is 8.19. The fraction of sp³-hybridized carbons (Fsp3) is 0.278. The lowest BCUT2D eigenvalue weighted by Gasteiger charge is -2.13. The van der Waals surface area contributed by atoms with Gasteiger partial charge < -0.3 is 20.5 Å². The van der Waals surface area contributed by atoms with Crippen molar-refractivity contribution in [1.29, 1.82) is 0 Å². The van der Waals surface area contributed by atoms with Crippen molar-refractivity contribution in [2.45, 2.75) is 26.5 Å². The average Bonchev–Trinajstić information content (AvgIpc) is 2.54. The first-order valence-electron chi connectivity index (χ1n) is 7.54. The van der Waals surface area contributed by atoms with Gasteiger partial charge >= 0.3 is 6.03 Å². The molecule has 0 aliphatic carbocycles. The van der Waals surface area contributed by atoms with Crippen molar-refractivity contribution in [3.63, 3.8) is 0 Å². The molecule has 3 N–H and O–H groups in total. The molecule has 0 saturated carbocycles. The van der Waals surface area contributed by atoms with E-state index in [2.05, 4.69) is 10.6 Å². The number of rotatable bonds is 6. The van der Waals surface area contributed by atoms with Crippen LogP contribution in [0.2, 0.25) is 0 Å². The Kier molecular flexibility index (Phi) is 6.00. The fourth-order valence-electron chi connectivity index (χ4n) is 2.03. The Labute approximate surface area is 136 Å². The molecular formula is C18H22N2O3. The molecule has 0 saturated heterocycles. The van der Waals surface area contributed by atoms with Crippen LogP contribution < -0.4 is 15.4 Å². The van der Waals surface area contributed by atoms with Gasteiger partial charge in [-0.1, -0.05) is 30.3 Å². The lowest BCUT2D eigenvalue weighted by Crippen LogP contribution is -2.38. The summed E-state index contributed by atoms with van der Waals surface area (Å²) in [6, 6.07) is 14.6. The molecule has 5 nitrogen and oxygen atoms in total. The largest absolute Gasteiger partial charge is 0.489 e. The van der Waals surface area contributed by atoms with Crippen LogP contribution in [-0.4, -0.2) is 23.8 Å². The van der Waals surface area contributed by atoms with Crippen molar-refractivity contribution >= 4 is 11.7 Å². The quantitative estimate of drug-likeness (QED) is 0.767. The Morgan fingerprint density at radius 1 is 1.22 bits per heavy atom. The third kappa shape index (κ3) is 5.30. The normalized spacial score (nSPS) is 11.6. The minimum absolute atomic E-state index is 0.104. The standard InChI is InChI=1S/C18H22N2O3/c1-13-6-3-4-7-15(13)12-23-17-9-5-8-16(10-17)20-18(22)19-14(2)11-21/h3-10,14,21H,11-12H2,1-2H3,(H2,19,20,22)/t14-/m0/s1. The van der Waals surface area contributed by atoms with E-state index in [-0.39, 0.29) is 18.7 Å². The fourth-order valence-corrected chi connectivity index (χ4v) is 2.03. The van der Waals surface area contributed by atoms with Gasteiger partial charge in [0.25, 0.3) is 0 Å². The summed E-state index contributed by atoms with van der Waals surface area (Å²) in [4.78, 5) is 11.7. The van der Waals surface area contributed by atoms with Crippen molar-refractivity contribution in [2.24, 2.45) is 0 Å². The highest BCUT2D eigenvalue weighted by Gasteiger charge is 2.07. The summed E-state index contributed by atoms with van der Waals surface area (Å²) >= 11 is 0. The van der Waals surface area contributed by atoms with Gasteiger partial charge in [-0.3, -0.25) is 0 Å². The number of benzene rings is 2. The van der Waals surface area contributed by atoms with Crippen LogP contribution in [0.4, 0.5) is 10.5 Å². The predicted molar refractivity (Wildman–Crippen MR) is 90.7 cm³/mol. The Balaban J connectivity index is 1.94. The molecule has 0 unspecified atom stereocenters. The van der Waals surface area contributed by atoms with Gasteiger partial charge in [0.05, 0.1) is 12.6 Å². The summed E-state index contributed by atoms with van der Waals surface area (Å²) in [5.74, 6) is 0.682. The van der Waals surface area contributed by atoms with Gasteiger partial charge in [-0.25, -0.2) is 4.79 Å². The zero-order chi connectivity index (χ0) is 16.7. The zero-order valence-corrected chi connectivity index (χ0v) is 13.4. The minimum Gasteiger partial charge on any atom is -0.489 e. The highest BCUT2D eigenvalue weighted by atomic mass is 16.5. The molecule has 0 aliphatic heterocycles. The van der Waals surface area contributed by atoms with Gasteiger partial charge in [0.2, 0.25) is 0 Å². The van der Waals surface area contributed by atoms with Crippen LogP contribution in [0.5, 0.6) is 5.75 Å². The maximum Gasteiger partial charge on any atom is 0.319 e. The van der Waals surface area contributed by atoms with E-state index in [4.69, 9.17) is 9.84 Å². The first kappa shape index (κ1) is 16.8. The molecule has 0 bridgehead atoms. The molecule has 2 aromatic rings. The number of hydrogen-bond donors (Lipinski definition) is 3. The summed E-state index contributed by atoms with van der Waals surface area (Å²) in [5.41, 5.74) is 2.94. The smallest absolute Gasteiger partial charge is 0.319 e. The van der Waals surface area contributed by atoms with Crippen molar-refractivity contribution in [3.8, 4) is 5.75 Å². The number of aryl methyl sites for hydroxylation is 1. The average molecular weight is 314 g/mol. The van der Waals surface area contributed by atoms with Crippen molar-refractivity contribution < 1.29 is 14.6 Å². The molecule has 0 fully saturated rings. The van der Waals surface area contributed by atoms with Gasteiger partial charge in [0.1, 0.15) is 12.4 Å². The lowest BCUT2D eigenvalue weighted by molar-refractivity contribution is 0.229. The second-order valence-electron chi connectivity index (χ2n) is 5.43. The SMILES string of the molecule is Cc1ccccc1COc1cccc(NC(=O)N[C@@H](C)CO)c1. The molecule has 2 amide bonds. The molecule has 0 heterocycles. The number of anilines is 1. The summed E-state index contributed by atoms with van der Waals surface area (Å²) in [6.07, 6.45) is 0. The van der Waals surface area contributed by atoms with Crippen LogP contribution in [0.15, 0.2) is 48.5 Å². The van der Waals surface area contributed by atoms with E-state index >= 15 is 0 Å². The molecule has 0 aliphatic rings. The maximum atomic E-state index is 11.7. The Morgan fingerprint density at radius 3 is 2.74 bits per heavy atom. The monoisotopic (exact) mass is 314 g/mol. The molecule has 1 atom stereocenters. The number of amides is 2. The molecular weight excluding hydrogens is 292 g/mol. The summed E-state index contributed by atoms with van der Waals surface area (Å²) < 4.78 is 5.79. The molecule has 5 heteroatoms. The van der Waals surface area contributed by atoms with E-state index in [0.717, 1.165) is 5.56 Å². The number of carbonyl (C=O) groups excluding carboxylic acids is 1. The predicted octanol–water partition coefficient (Wildman–Crippen LogP) is 3.08. The third-order valence-corrected chi connectivity index (χ3v) is 3.40. The maximum absolute atomic E-state index is 11.7. The number of hydrogen-bond acceptors (Lipinski definition) is 3. The Hall–Kier alpha value is -2.53. The summed E-state index contributed by atoms with van der Waals surface area (Å²) in [5, 5.41) is 14.3. The van der Waals surface area contributed by atoms with Crippen LogP contribution in [0.3, 0.4) is 0 Å². The highest BCUT2D eigenvalue weighted by molar-refractivity contribution is 5.89. The van der Waals surface area contributed by atoms with Crippen LogP contribution >= 0.6 is 0 Å². The zero-order valence-electron chi connectivity index (χ0n) is 13.4. The molecule has 122 valence electrons. The number of aliphatic hydroxyl groups excluding tert-OH is 1. The molecule has 0 aromatic heterocycles. The topological polar surface area (TPSA) is 70.6 Å². The second-order valence-corrected chi connectivity index (χ2v) is 5.43. The number of aliphatic hydroxyl groups is 1. The van der Waals surface area contributed by atoms with Crippen LogP contribution in [0.1, 0.15) is 18.1 Å². The number of ether oxygens (including phenoxy) is 1. The van der Waals surface area contributed by atoms with Crippen LogP contribution in [0, 0.1) is 6.92 Å². The van der Waals surface area contributed by atoms with Gasteiger partial charge in [-0.15, -0.1) is 0 Å². The lowest BCUT2D eigenvalue weighted by atomic mass is 10.1. The van der Waals surface area contributed by atoms with E-state index in [1.54, 1.807) is 19.1 Å². The first-order chi connectivity index (χ1) is 11.1. The minimum atomic E-state index is -0.359. The molecule has 2 aromatic carbocycles. The molecule has 0 spiro atoms. The van der Waals surface area contributed by atoms with Crippen LogP contribution in [0.25, 0.3) is 0 Å². The van der Waals surface area contributed by atoms with Crippen molar-refractivity contribution in [1.82, 2.24) is 5.32 Å². The van der Waals surface area contributed by atoms with E-state index in [0.29, 0.717) is 18.0 Å². The molecule has 0 radical (unpaired) electrons. The van der Waals surface area contributed by atoms with E-state index in [1.165, 1.54) is 5.56 Å². The van der Waals surface area contributed by atoms with E-state index < -0.39 is 0 Å². The molecule has 23 heavy (non-hydrogen) atoms. The Morgan fingerprint density at radius 2 is 2.00 bits per heavy atom. The van der Waals surface area contributed by atoms with E-state index in [1.807, 2.05) is 43.3 Å². The van der Waals surface area contributed by atoms with Gasteiger partial charge in [-0.2, -0.15) is 0 Å². The molecule has 2 rings (SSSR count). The van der Waals surface area contributed by atoms with Gasteiger partial charge in [-0.05, 0) is 37.1 Å². The Bertz CT molecular complexity index is 658. The van der Waals surface area contributed by atoms with Gasteiger partial charge in [0, 0.05) is 11.8 Å². The number of urea groups is 1. The van der Waals surface area contributed by atoms with Gasteiger partial charge in [0.15, 0.2) is 0 Å². The third-order valence-electron chi connectivity index (χ3n) is 3.40. The highest BCUT2D eigenvalue weighted by Crippen LogP contribution is 2.19. The number of nitrogens with one attached hydrogen (secondary N) is 2. The first-order valence-corrected chi connectivity index (χ1v) is 7.54. The number of carbonyl (C=O) groups is 1. The van der Waals surface area contributed by atoms with Crippen LogP contribution in [-0.2, 0) is 6.61 Å². The van der Waals surface area contributed by atoms with Crippen molar-refractivity contribution in [2.75, 3.05) is 11.9 Å². The summed E-state index contributed by atoms with van der Waals surface area (Å²) in [7, 11) is 0. The summed E-state index contributed by atoms with van der Waals surface area (Å²) in [6.45, 7) is 4.14. The van der Waals surface area contributed by atoms with Crippen molar-refractivity contribution in [3.05, 3.63) is 59.7 Å². The van der Waals surface area contributed by atoms with E-state index in [9.17, 15) is 4.79 Å².